The molecule has 102 valence electrons. The average Bonchev–Trinajstić information content (AvgIpc) is 2.38. The highest BCUT2D eigenvalue weighted by Crippen LogP contribution is 2.39. The highest BCUT2D eigenvalue weighted by atomic mass is 79.9. The normalized spacial score (nSPS) is 15.1. The largest absolute Gasteiger partial charge is 0.412 e. The van der Waals surface area contributed by atoms with Gasteiger partial charge in [0.15, 0.2) is 0 Å². The van der Waals surface area contributed by atoms with Crippen molar-refractivity contribution in [3.8, 4) is 12.1 Å². The standard InChI is InChI=1S/C14H11BrN4.H2O/c1-8-11(6-16)13(12(7-17)9(2)19-8)10-4-3-5-18-14(10)15;/h3-5,13,19H,1-2H3;1H2. The third-order valence-electron chi connectivity index (χ3n) is 3.10. The number of dihydropyridines is 1. The molecule has 0 aliphatic carbocycles. The summed E-state index contributed by atoms with van der Waals surface area (Å²) >= 11 is 3.39. The third kappa shape index (κ3) is 2.57. The number of hydrogen-bond acceptors (Lipinski definition) is 4. The molecule has 0 bridgehead atoms. The fourth-order valence-electron chi connectivity index (χ4n) is 2.21. The van der Waals surface area contributed by atoms with Crippen molar-refractivity contribution >= 4 is 15.9 Å². The van der Waals surface area contributed by atoms with E-state index < -0.39 is 0 Å². The lowest BCUT2D eigenvalue weighted by atomic mass is 9.82. The van der Waals surface area contributed by atoms with E-state index in [1.807, 2.05) is 19.9 Å². The fraction of sp³-hybridized carbons (Fsp3) is 0.214. The molecule has 0 spiro atoms. The third-order valence-corrected chi connectivity index (χ3v) is 3.76. The van der Waals surface area contributed by atoms with E-state index in [0.717, 1.165) is 17.0 Å². The van der Waals surface area contributed by atoms with E-state index in [4.69, 9.17) is 0 Å². The van der Waals surface area contributed by atoms with E-state index >= 15 is 0 Å². The lowest BCUT2D eigenvalue weighted by molar-refractivity contribution is 0.807. The van der Waals surface area contributed by atoms with Crippen molar-refractivity contribution in [1.29, 1.82) is 10.5 Å². The molecule has 5 nitrogen and oxygen atoms in total. The van der Waals surface area contributed by atoms with Gasteiger partial charge in [0.2, 0.25) is 0 Å². The Bertz CT molecular complexity index is 643. The van der Waals surface area contributed by atoms with Crippen LogP contribution in [0.4, 0.5) is 0 Å². The number of aromatic nitrogens is 1. The Labute approximate surface area is 125 Å². The smallest absolute Gasteiger partial charge is 0.110 e. The Hall–Kier alpha value is -2.15. The van der Waals surface area contributed by atoms with Crippen molar-refractivity contribution < 1.29 is 5.48 Å². The molecule has 2 heterocycles. The summed E-state index contributed by atoms with van der Waals surface area (Å²) in [6, 6.07) is 8.07. The van der Waals surface area contributed by atoms with E-state index in [0.29, 0.717) is 15.7 Å². The molecule has 1 aliphatic heterocycles. The molecule has 0 amide bonds. The van der Waals surface area contributed by atoms with Crippen molar-refractivity contribution in [1.82, 2.24) is 10.3 Å². The van der Waals surface area contributed by atoms with Crippen LogP contribution < -0.4 is 5.32 Å². The Balaban J connectivity index is 0.00000200. The maximum Gasteiger partial charge on any atom is 0.110 e. The first kappa shape index (κ1) is 15.9. The van der Waals surface area contributed by atoms with Crippen LogP contribution in [0, 0.1) is 22.7 Å². The SMILES string of the molecule is CC1=C(C#N)C(c2cccnc2Br)C(C#N)=C(C)N1.O. The first-order chi connectivity index (χ1) is 9.10. The Morgan fingerprint density at radius 1 is 1.20 bits per heavy atom. The van der Waals surface area contributed by atoms with Crippen LogP contribution >= 0.6 is 15.9 Å². The van der Waals surface area contributed by atoms with Crippen LogP contribution in [0.1, 0.15) is 25.3 Å². The van der Waals surface area contributed by atoms with Crippen LogP contribution in [0.2, 0.25) is 0 Å². The van der Waals surface area contributed by atoms with Gasteiger partial charge in [0.1, 0.15) is 4.60 Å². The highest BCUT2D eigenvalue weighted by molar-refractivity contribution is 9.10. The molecule has 0 unspecified atom stereocenters. The molecule has 0 aromatic carbocycles. The topological polar surface area (TPSA) is 104 Å². The fourth-order valence-corrected chi connectivity index (χ4v) is 2.69. The van der Waals surface area contributed by atoms with Crippen molar-refractivity contribution in [2.45, 2.75) is 19.8 Å². The van der Waals surface area contributed by atoms with Crippen molar-refractivity contribution in [3.63, 3.8) is 0 Å². The zero-order valence-electron chi connectivity index (χ0n) is 11.0. The molecule has 6 heteroatoms. The maximum absolute atomic E-state index is 9.37. The van der Waals surface area contributed by atoms with Crippen LogP contribution in [-0.2, 0) is 0 Å². The molecule has 1 aromatic heterocycles. The van der Waals surface area contributed by atoms with Crippen LogP contribution in [0.15, 0.2) is 45.5 Å². The molecule has 0 radical (unpaired) electrons. The molecule has 20 heavy (non-hydrogen) atoms. The number of nitrogens with one attached hydrogen (secondary N) is 1. The number of pyridine rings is 1. The summed E-state index contributed by atoms with van der Waals surface area (Å²) in [6.45, 7) is 3.68. The number of nitriles is 2. The zero-order valence-corrected chi connectivity index (χ0v) is 12.6. The van der Waals surface area contributed by atoms with E-state index in [2.05, 4.69) is 38.4 Å². The second-order valence-electron chi connectivity index (χ2n) is 4.24. The zero-order chi connectivity index (χ0) is 14.0. The van der Waals surface area contributed by atoms with Gasteiger partial charge in [0.25, 0.3) is 0 Å². The molecule has 2 rings (SSSR count). The minimum Gasteiger partial charge on any atom is -0.412 e. The van der Waals surface area contributed by atoms with Crippen LogP contribution in [0.5, 0.6) is 0 Å². The van der Waals surface area contributed by atoms with Gasteiger partial charge in [-0.05, 0) is 41.4 Å². The lowest BCUT2D eigenvalue weighted by Crippen LogP contribution is -2.23. The Morgan fingerprint density at radius 3 is 2.20 bits per heavy atom. The summed E-state index contributed by atoms with van der Waals surface area (Å²) in [6.07, 6.45) is 1.67. The van der Waals surface area contributed by atoms with Gasteiger partial charge in [-0.1, -0.05) is 6.07 Å². The monoisotopic (exact) mass is 332 g/mol. The second kappa shape index (κ2) is 6.33. The first-order valence-corrected chi connectivity index (χ1v) is 6.48. The van der Waals surface area contributed by atoms with Gasteiger partial charge in [0.05, 0.1) is 29.2 Å². The highest BCUT2D eigenvalue weighted by Gasteiger charge is 2.30. The Kier molecular flexibility index (Phi) is 5.04. The van der Waals surface area contributed by atoms with E-state index in [1.165, 1.54) is 0 Å². The van der Waals surface area contributed by atoms with Gasteiger partial charge < -0.3 is 10.8 Å². The van der Waals surface area contributed by atoms with Gasteiger partial charge >= 0.3 is 0 Å². The quantitative estimate of drug-likeness (QED) is 0.796. The Morgan fingerprint density at radius 2 is 1.75 bits per heavy atom. The van der Waals surface area contributed by atoms with E-state index in [1.54, 1.807) is 12.3 Å². The van der Waals surface area contributed by atoms with Crippen LogP contribution in [0.25, 0.3) is 0 Å². The predicted octanol–water partition coefficient (Wildman–Crippen LogP) is 2.30. The number of allylic oxidation sites excluding steroid dienone is 4. The van der Waals surface area contributed by atoms with Crippen LogP contribution in [0.3, 0.4) is 0 Å². The predicted molar refractivity (Wildman–Crippen MR) is 78.1 cm³/mol. The van der Waals surface area contributed by atoms with Gasteiger partial charge in [-0.15, -0.1) is 0 Å². The molecule has 1 aliphatic rings. The van der Waals surface area contributed by atoms with E-state index in [9.17, 15) is 10.5 Å². The molecule has 0 fully saturated rings. The number of hydrogen-bond donors (Lipinski definition) is 1. The van der Waals surface area contributed by atoms with Gasteiger partial charge in [0, 0.05) is 17.6 Å². The second-order valence-corrected chi connectivity index (χ2v) is 4.99. The lowest BCUT2D eigenvalue weighted by Gasteiger charge is -2.26. The molecule has 3 N–H and O–H groups in total. The molecule has 0 atom stereocenters. The first-order valence-electron chi connectivity index (χ1n) is 5.69. The van der Waals surface area contributed by atoms with E-state index in [-0.39, 0.29) is 11.4 Å². The average molecular weight is 333 g/mol. The number of halogens is 1. The summed E-state index contributed by atoms with van der Waals surface area (Å²) in [7, 11) is 0. The summed E-state index contributed by atoms with van der Waals surface area (Å²) in [5, 5.41) is 21.8. The molecular weight excluding hydrogens is 320 g/mol. The number of nitrogens with zero attached hydrogens (tertiary/aromatic N) is 3. The molecule has 0 saturated carbocycles. The summed E-state index contributed by atoms with van der Waals surface area (Å²) in [5.74, 6) is -0.362. The van der Waals surface area contributed by atoms with Gasteiger partial charge in [-0.25, -0.2) is 4.98 Å². The maximum atomic E-state index is 9.37. The summed E-state index contributed by atoms with van der Waals surface area (Å²) < 4.78 is 0.656. The van der Waals surface area contributed by atoms with Crippen molar-refractivity contribution in [2.24, 2.45) is 0 Å². The molecular formula is C14H13BrN4O. The minimum atomic E-state index is -0.362. The van der Waals surface area contributed by atoms with Crippen molar-refractivity contribution in [2.75, 3.05) is 0 Å². The van der Waals surface area contributed by atoms with Gasteiger partial charge in [-0.2, -0.15) is 10.5 Å². The van der Waals surface area contributed by atoms with Crippen LogP contribution in [-0.4, -0.2) is 10.5 Å². The minimum absolute atomic E-state index is 0. The van der Waals surface area contributed by atoms with Gasteiger partial charge in [-0.3, -0.25) is 0 Å². The summed E-state index contributed by atoms with van der Waals surface area (Å²) in [5.41, 5.74) is 3.49. The summed E-state index contributed by atoms with van der Waals surface area (Å²) in [4.78, 5) is 4.17. The number of rotatable bonds is 1. The molecule has 1 aromatic rings. The molecule has 0 saturated heterocycles. The van der Waals surface area contributed by atoms with Crippen molar-refractivity contribution in [3.05, 3.63) is 51.0 Å².